The number of aryl methyl sites for hydroxylation is 2. The summed E-state index contributed by atoms with van der Waals surface area (Å²) >= 11 is 3.53. The van der Waals surface area contributed by atoms with Crippen molar-refractivity contribution in [3.05, 3.63) is 33.3 Å². The number of benzene rings is 1. The quantitative estimate of drug-likeness (QED) is 0.738. The first-order valence-electron chi connectivity index (χ1n) is 6.82. The van der Waals surface area contributed by atoms with Crippen LogP contribution < -0.4 is 0 Å². The summed E-state index contributed by atoms with van der Waals surface area (Å²) in [6.07, 6.45) is -3.59. The molecule has 112 valence electrons. The molecule has 1 saturated heterocycles. The number of nitrogens with zero attached hydrogens (tertiary/aromatic N) is 1. The van der Waals surface area contributed by atoms with Gasteiger partial charge in [-0.3, -0.25) is 4.90 Å². The molecule has 0 aliphatic carbocycles. The van der Waals surface area contributed by atoms with E-state index in [1.165, 1.54) is 16.7 Å². The van der Waals surface area contributed by atoms with E-state index in [1.807, 2.05) is 13.8 Å². The normalized spacial score (nSPS) is 18.5. The lowest BCUT2D eigenvalue weighted by atomic mass is 9.96. The van der Waals surface area contributed by atoms with E-state index in [9.17, 15) is 13.2 Å². The Morgan fingerprint density at radius 2 is 1.65 bits per heavy atom. The summed E-state index contributed by atoms with van der Waals surface area (Å²) in [6, 6.07) is 4.21. The van der Waals surface area contributed by atoms with Gasteiger partial charge in [0, 0.05) is 11.0 Å². The fourth-order valence-corrected chi connectivity index (χ4v) is 3.03. The second-order valence-electron chi connectivity index (χ2n) is 5.64. The summed E-state index contributed by atoms with van der Waals surface area (Å²) in [5.74, 6) is -1.12. The maximum Gasteiger partial charge on any atom is 0.391 e. The van der Waals surface area contributed by atoms with Gasteiger partial charge in [0.15, 0.2) is 0 Å². The molecule has 0 N–H and O–H groups in total. The molecule has 2 rings (SSSR count). The predicted octanol–water partition coefficient (Wildman–Crippen LogP) is 4.84. The maximum atomic E-state index is 12.6. The molecule has 0 saturated carbocycles. The summed E-state index contributed by atoms with van der Waals surface area (Å²) in [4.78, 5) is 2.12. The summed E-state index contributed by atoms with van der Waals surface area (Å²) in [7, 11) is 0. The van der Waals surface area contributed by atoms with Crippen LogP contribution in [0.3, 0.4) is 0 Å². The van der Waals surface area contributed by atoms with Gasteiger partial charge in [-0.15, -0.1) is 0 Å². The van der Waals surface area contributed by atoms with Crippen molar-refractivity contribution >= 4 is 15.9 Å². The minimum absolute atomic E-state index is 0.220. The Kier molecular flexibility index (Phi) is 4.80. The van der Waals surface area contributed by atoms with Crippen LogP contribution in [0, 0.1) is 19.8 Å². The second kappa shape index (κ2) is 6.06. The smallest absolute Gasteiger partial charge is 0.299 e. The lowest BCUT2D eigenvalue weighted by Crippen LogP contribution is -2.38. The fourth-order valence-electron chi connectivity index (χ4n) is 2.80. The topological polar surface area (TPSA) is 3.24 Å². The number of halogens is 4. The van der Waals surface area contributed by atoms with Crippen LogP contribution in [-0.2, 0) is 6.54 Å². The zero-order valence-corrected chi connectivity index (χ0v) is 13.3. The van der Waals surface area contributed by atoms with E-state index in [2.05, 4.69) is 33.0 Å². The number of hydrogen-bond donors (Lipinski definition) is 0. The minimum Gasteiger partial charge on any atom is -0.299 e. The van der Waals surface area contributed by atoms with Gasteiger partial charge < -0.3 is 0 Å². The van der Waals surface area contributed by atoms with Crippen molar-refractivity contribution in [2.75, 3.05) is 13.1 Å². The first-order chi connectivity index (χ1) is 9.27. The summed E-state index contributed by atoms with van der Waals surface area (Å²) in [6.45, 7) is 5.86. The van der Waals surface area contributed by atoms with Gasteiger partial charge in [-0.1, -0.05) is 28.1 Å². The monoisotopic (exact) mass is 349 g/mol. The SMILES string of the molecule is Cc1cc(CN2CCC(C(F)(F)F)CC2)cc(C)c1Br. The third-order valence-corrected chi connectivity index (χ3v) is 5.20. The molecule has 0 radical (unpaired) electrons. The second-order valence-corrected chi connectivity index (χ2v) is 6.43. The van der Waals surface area contributed by atoms with Crippen molar-refractivity contribution < 1.29 is 13.2 Å². The molecule has 0 atom stereocenters. The van der Waals surface area contributed by atoms with Gasteiger partial charge in [0.1, 0.15) is 0 Å². The Morgan fingerprint density at radius 3 is 2.10 bits per heavy atom. The number of rotatable bonds is 2. The average molecular weight is 350 g/mol. The van der Waals surface area contributed by atoms with Crippen LogP contribution in [-0.4, -0.2) is 24.2 Å². The molecule has 1 aromatic carbocycles. The molecule has 1 heterocycles. The number of piperidine rings is 1. The summed E-state index contributed by atoms with van der Waals surface area (Å²) in [5, 5.41) is 0. The van der Waals surface area contributed by atoms with Gasteiger partial charge in [0.05, 0.1) is 5.92 Å². The molecule has 1 fully saturated rings. The first-order valence-corrected chi connectivity index (χ1v) is 7.61. The van der Waals surface area contributed by atoms with E-state index < -0.39 is 12.1 Å². The van der Waals surface area contributed by atoms with Gasteiger partial charge in [0.2, 0.25) is 0 Å². The van der Waals surface area contributed by atoms with Crippen molar-refractivity contribution in [1.82, 2.24) is 4.90 Å². The van der Waals surface area contributed by atoms with Gasteiger partial charge in [-0.25, -0.2) is 0 Å². The molecule has 0 spiro atoms. The molecule has 0 bridgehead atoms. The van der Waals surface area contributed by atoms with E-state index in [1.54, 1.807) is 0 Å². The number of likely N-dealkylation sites (tertiary alicyclic amines) is 1. The van der Waals surface area contributed by atoms with Crippen molar-refractivity contribution in [3.8, 4) is 0 Å². The lowest BCUT2D eigenvalue weighted by molar-refractivity contribution is -0.185. The van der Waals surface area contributed by atoms with Crippen LogP contribution >= 0.6 is 15.9 Å². The molecular formula is C15H19BrF3N. The van der Waals surface area contributed by atoms with E-state index in [0.717, 1.165) is 11.0 Å². The molecule has 1 aliphatic rings. The van der Waals surface area contributed by atoms with Crippen LogP contribution in [0.25, 0.3) is 0 Å². The number of alkyl halides is 3. The highest BCUT2D eigenvalue weighted by Gasteiger charge is 2.40. The lowest BCUT2D eigenvalue weighted by Gasteiger charge is -2.33. The Hall–Kier alpha value is -0.550. The third-order valence-electron chi connectivity index (χ3n) is 3.95. The third kappa shape index (κ3) is 3.76. The molecule has 20 heavy (non-hydrogen) atoms. The fraction of sp³-hybridized carbons (Fsp3) is 0.600. The number of hydrogen-bond acceptors (Lipinski definition) is 1. The Morgan fingerprint density at radius 1 is 1.15 bits per heavy atom. The Labute approximate surface area is 126 Å². The van der Waals surface area contributed by atoms with E-state index in [4.69, 9.17) is 0 Å². The largest absolute Gasteiger partial charge is 0.391 e. The molecule has 1 aromatic rings. The van der Waals surface area contributed by atoms with E-state index in [0.29, 0.717) is 13.1 Å². The Bertz CT molecular complexity index is 453. The van der Waals surface area contributed by atoms with Crippen LogP contribution in [0.1, 0.15) is 29.5 Å². The highest BCUT2D eigenvalue weighted by atomic mass is 79.9. The van der Waals surface area contributed by atoms with E-state index >= 15 is 0 Å². The highest BCUT2D eigenvalue weighted by Crippen LogP contribution is 2.34. The summed E-state index contributed by atoms with van der Waals surface area (Å²) < 4.78 is 39.0. The van der Waals surface area contributed by atoms with Crippen LogP contribution in [0.2, 0.25) is 0 Å². The van der Waals surface area contributed by atoms with Gasteiger partial charge in [-0.05, 0) is 56.5 Å². The molecule has 5 heteroatoms. The highest BCUT2D eigenvalue weighted by molar-refractivity contribution is 9.10. The zero-order valence-electron chi connectivity index (χ0n) is 11.7. The van der Waals surface area contributed by atoms with Gasteiger partial charge in [0.25, 0.3) is 0 Å². The molecule has 0 unspecified atom stereocenters. The molecule has 1 aliphatic heterocycles. The van der Waals surface area contributed by atoms with Crippen molar-refractivity contribution in [2.24, 2.45) is 5.92 Å². The van der Waals surface area contributed by atoms with Crippen LogP contribution in [0.4, 0.5) is 13.2 Å². The zero-order chi connectivity index (χ0) is 14.9. The van der Waals surface area contributed by atoms with Gasteiger partial charge >= 0.3 is 6.18 Å². The van der Waals surface area contributed by atoms with Crippen molar-refractivity contribution in [3.63, 3.8) is 0 Å². The molecular weight excluding hydrogens is 331 g/mol. The molecule has 0 aromatic heterocycles. The average Bonchev–Trinajstić information content (AvgIpc) is 2.35. The van der Waals surface area contributed by atoms with Crippen LogP contribution in [0.15, 0.2) is 16.6 Å². The van der Waals surface area contributed by atoms with Crippen LogP contribution in [0.5, 0.6) is 0 Å². The molecule has 0 amide bonds. The minimum atomic E-state index is -4.03. The van der Waals surface area contributed by atoms with Gasteiger partial charge in [-0.2, -0.15) is 13.2 Å². The summed E-state index contributed by atoms with van der Waals surface area (Å²) in [5.41, 5.74) is 3.52. The van der Waals surface area contributed by atoms with Crippen molar-refractivity contribution in [1.29, 1.82) is 0 Å². The standard InChI is InChI=1S/C15H19BrF3N/c1-10-7-12(8-11(2)14(10)16)9-20-5-3-13(4-6-20)15(17,18)19/h7-8,13H,3-6,9H2,1-2H3. The predicted molar refractivity (Wildman–Crippen MR) is 77.7 cm³/mol. The first kappa shape index (κ1) is 15.8. The maximum absolute atomic E-state index is 12.6. The Balaban J connectivity index is 1.96. The van der Waals surface area contributed by atoms with E-state index in [-0.39, 0.29) is 12.8 Å². The van der Waals surface area contributed by atoms with Crippen molar-refractivity contribution in [2.45, 2.75) is 39.4 Å². The molecule has 1 nitrogen and oxygen atoms in total.